The molecule has 0 aliphatic heterocycles. The highest BCUT2D eigenvalue weighted by molar-refractivity contribution is 5.84. The molecule has 1 aliphatic carbocycles. The van der Waals surface area contributed by atoms with E-state index < -0.39 is 0 Å². The quantitative estimate of drug-likeness (QED) is 0.392. The first-order valence-electron chi connectivity index (χ1n) is 11.0. The van der Waals surface area contributed by atoms with Crippen LogP contribution in [0, 0.1) is 5.82 Å². The van der Waals surface area contributed by atoms with Crippen LogP contribution in [0.15, 0.2) is 104 Å². The molecule has 1 aliphatic rings. The fourth-order valence-electron chi connectivity index (χ4n) is 4.49. The average Bonchev–Trinajstić information content (AvgIpc) is 2.80. The molecule has 1 nitrogen and oxygen atoms in total. The fourth-order valence-corrected chi connectivity index (χ4v) is 4.49. The number of ketones is 1. The van der Waals surface area contributed by atoms with Crippen molar-refractivity contribution in [3.05, 3.63) is 137 Å². The van der Waals surface area contributed by atoms with Crippen LogP contribution in [0.5, 0.6) is 0 Å². The number of hydrogen-bond donors (Lipinski definition) is 0. The van der Waals surface area contributed by atoms with E-state index >= 15 is 0 Å². The molecule has 1 atom stereocenters. The molecule has 0 saturated carbocycles. The van der Waals surface area contributed by atoms with E-state index in [4.69, 9.17) is 0 Å². The minimum atomic E-state index is -0.260. The van der Waals surface area contributed by atoms with Gasteiger partial charge in [-0.3, -0.25) is 4.79 Å². The fraction of sp³-hybridized carbons (Fsp3) is 0.167. The molecule has 0 spiro atoms. The summed E-state index contributed by atoms with van der Waals surface area (Å²) in [4.78, 5) is 12.4. The van der Waals surface area contributed by atoms with Crippen molar-refractivity contribution in [2.24, 2.45) is 0 Å². The molecule has 1 unspecified atom stereocenters. The SMILES string of the molecule is C=C/C=C1\C(=C)CC(c2ccc(CC(=O)CCc3cccc(F)c3)cc2)c2ccccc21. The van der Waals surface area contributed by atoms with Crippen molar-refractivity contribution < 1.29 is 9.18 Å². The lowest BCUT2D eigenvalue weighted by atomic mass is 9.74. The Balaban J connectivity index is 1.46. The summed E-state index contributed by atoms with van der Waals surface area (Å²) in [5.74, 6) is 0.153. The molecular weight excluding hydrogens is 395 g/mol. The van der Waals surface area contributed by atoms with E-state index in [1.54, 1.807) is 6.07 Å². The van der Waals surface area contributed by atoms with Crippen molar-refractivity contribution in [2.75, 3.05) is 0 Å². The molecule has 0 aromatic heterocycles. The van der Waals surface area contributed by atoms with Crippen molar-refractivity contribution in [1.82, 2.24) is 0 Å². The van der Waals surface area contributed by atoms with Gasteiger partial charge in [0, 0.05) is 18.8 Å². The Morgan fingerprint density at radius 3 is 2.53 bits per heavy atom. The Morgan fingerprint density at radius 2 is 1.78 bits per heavy atom. The van der Waals surface area contributed by atoms with Crippen molar-refractivity contribution in [3.63, 3.8) is 0 Å². The number of carbonyl (C=O) groups is 1. The van der Waals surface area contributed by atoms with Gasteiger partial charge in [-0.25, -0.2) is 4.39 Å². The van der Waals surface area contributed by atoms with Gasteiger partial charge in [0.05, 0.1) is 0 Å². The topological polar surface area (TPSA) is 17.1 Å². The second-order valence-electron chi connectivity index (χ2n) is 8.35. The molecule has 0 bridgehead atoms. The lowest BCUT2D eigenvalue weighted by Gasteiger charge is -2.29. The largest absolute Gasteiger partial charge is 0.299 e. The number of halogens is 1. The van der Waals surface area contributed by atoms with Crippen LogP contribution in [-0.4, -0.2) is 5.78 Å². The Kier molecular flexibility index (Phi) is 6.61. The van der Waals surface area contributed by atoms with Crippen LogP contribution in [0.3, 0.4) is 0 Å². The summed E-state index contributed by atoms with van der Waals surface area (Å²) in [5.41, 5.74) is 7.88. The minimum Gasteiger partial charge on any atom is -0.299 e. The maximum absolute atomic E-state index is 13.3. The Labute approximate surface area is 189 Å². The molecule has 0 fully saturated rings. The van der Waals surface area contributed by atoms with Crippen LogP contribution in [0.2, 0.25) is 0 Å². The van der Waals surface area contributed by atoms with Gasteiger partial charge in [0.2, 0.25) is 0 Å². The van der Waals surface area contributed by atoms with Gasteiger partial charge in [0.15, 0.2) is 0 Å². The maximum atomic E-state index is 13.3. The van der Waals surface area contributed by atoms with E-state index in [0.29, 0.717) is 19.3 Å². The average molecular weight is 423 g/mol. The smallest absolute Gasteiger partial charge is 0.137 e. The van der Waals surface area contributed by atoms with E-state index in [1.807, 2.05) is 18.2 Å². The summed E-state index contributed by atoms with van der Waals surface area (Å²) in [7, 11) is 0. The zero-order valence-corrected chi connectivity index (χ0v) is 18.2. The van der Waals surface area contributed by atoms with Crippen LogP contribution < -0.4 is 0 Å². The highest BCUT2D eigenvalue weighted by Crippen LogP contribution is 2.44. The Morgan fingerprint density at radius 1 is 1.00 bits per heavy atom. The molecule has 2 heteroatoms. The van der Waals surface area contributed by atoms with Crippen molar-refractivity contribution in [1.29, 1.82) is 0 Å². The summed E-state index contributed by atoms with van der Waals surface area (Å²) < 4.78 is 13.3. The number of Topliss-reactive ketones (excluding diaryl/α,β-unsaturated/α-hetero) is 1. The maximum Gasteiger partial charge on any atom is 0.137 e. The van der Waals surface area contributed by atoms with Gasteiger partial charge < -0.3 is 0 Å². The third-order valence-electron chi connectivity index (χ3n) is 6.11. The molecule has 0 amide bonds. The number of aryl methyl sites for hydroxylation is 1. The molecule has 0 heterocycles. The second kappa shape index (κ2) is 9.74. The van der Waals surface area contributed by atoms with Crippen LogP contribution >= 0.6 is 0 Å². The number of rotatable bonds is 7. The zero-order valence-electron chi connectivity index (χ0n) is 18.2. The van der Waals surface area contributed by atoms with Crippen LogP contribution in [0.1, 0.15) is 46.6 Å². The predicted molar refractivity (Wildman–Crippen MR) is 130 cm³/mol. The normalized spacial score (nSPS) is 16.6. The van der Waals surface area contributed by atoms with Crippen LogP contribution in [0.25, 0.3) is 5.57 Å². The highest BCUT2D eigenvalue weighted by Gasteiger charge is 2.26. The second-order valence-corrected chi connectivity index (χ2v) is 8.35. The standard InChI is InChI=1S/C30H27FO/c1-3-7-27-21(2)18-30(29-11-5-4-10-28(27)29)24-15-12-23(13-16-24)20-26(32)17-14-22-8-6-9-25(31)19-22/h3-13,15-16,19,30H,1-2,14,17-18,20H2/b27-7+. The van der Waals surface area contributed by atoms with E-state index in [-0.39, 0.29) is 17.5 Å². The van der Waals surface area contributed by atoms with E-state index in [9.17, 15) is 9.18 Å². The molecule has 3 aromatic rings. The monoisotopic (exact) mass is 422 g/mol. The molecule has 4 rings (SSSR count). The van der Waals surface area contributed by atoms with Gasteiger partial charge in [-0.05, 0) is 63.9 Å². The van der Waals surface area contributed by atoms with E-state index in [2.05, 4.69) is 61.7 Å². The molecule has 0 radical (unpaired) electrons. The minimum absolute atomic E-state index is 0.164. The number of hydrogen-bond acceptors (Lipinski definition) is 1. The molecule has 3 aromatic carbocycles. The summed E-state index contributed by atoms with van der Waals surface area (Å²) in [5, 5.41) is 0. The van der Waals surface area contributed by atoms with Crippen molar-refractivity contribution in [3.8, 4) is 0 Å². The van der Waals surface area contributed by atoms with Gasteiger partial charge in [-0.2, -0.15) is 0 Å². The van der Waals surface area contributed by atoms with Gasteiger partial charge in [-0.1, -0.05) is 86.0 Å². The first-order chi connectivity index (χ1) is 15.5. The zero-order chi connectivity index (χ0) is 22.5. The molecule has 32 heavy (non-hydrogen) atoms. The third kappa shape index (κ3) is 4.86. The number of carbonyl (C=O) groups excluding carboxylic acids is 1. The van der Waals surface area contributed by atoms with E-state index in [0.717, 1.165) is 28.7 Å². The van der Waals surface area contributed by atoms with Crippen LogP contribution in [-0.2, 0) is 17.6 Å². The molecular formula is C30H27FO. The van der Waals surface area contributed by atoms with Gasteiger partial charge in [0.1, 0.15) is 11.6 Å². The molecule has 0 saturated heterocycles. The van der Waals surface area contributed by atoms with Crippen LogP contribution in [0.4, 0.5) is 4.39 Å². The van der Waals surface area contributed by atoms with E-state index in [1.165, 1.54) is 28.8 Å². The summed E-state index contributed by atoms with van der Waals surface area (Å²) in [6.07, 6.45) is 6.10. The summed E-state index contributed by atoms with van der Waals surface area (Å²) in [6, 6.07) is 23.3. The summed E-state index contributed by atoms with van der Waals surface area (Å²) in [6.45, 7) is 8.16. The number of fused-ring (bicyclic) bond motifs is 1. The first kappa shape index (κ1) is 21.7. The molecule has 0 N–H and O–H groups in total. The lowest BCUT2D eigenvalue weighted by molar-refractivity contribution is -0.118. The van der Waals surface area contributed by atoms with Gasteiger partial charge in [-0.15, -0.1) is 0 Å². The predicted octanol–water partition coefficient (Wildman–Crippen LogP) is 7.23. The Hall–Kier alpha value is -3.52. The Bertz CT molecular complexity index is 1180. The van der Waals surface area contributed by atoms with Gasteiger partial charge in [0.25, 0.3) is 0 Å². The third-order valence-corrected chi connectivity index (χ3v) is 6.11. The number of allylic oxidation sites excluding steroid dienone is 4. The lowest BCUT2D eigenvalue weighted by Crippen LogP contribution is -2.12. The highest BCUT2D eigenvalue weighted by atomic mass is 19.1. The first-order valence-corrected chi connectivity index (χ1v) is 11.0. The van der Waals surface area contributed by atoms with Crippen molar-refractivity contribution >= 4 is 11.4 Å². The number of benzene rings is 3. The van der Waals surface area contributed by atoms with Crippen molar-refractivity contribution in [2.45, 2.75) is 31.6 Å². The molecule has 160 valence electrons. The summed E-state index contributed by atoms with van der Waals surface area (Å²) >= 11 is 0. The van der Waals surface area contributed by atoms with Gasteiger partial charge >= 0.3 is 0 Å².